The van der Waals surface area contributed by atoms with E-state index in [0.29, 0.717) is 11.1 Å². The molecule has 5 nitrogen and oxygen atoms in total. The molecule has 3 rings (SSSR count). The van der Waals surface area contributed by atoms with Crippen molar-refractivity contribution in [2.45, 2.75) is 38.9 Å². The fraction of sp³-hybridized carbons (Fsp3) is 0.286. The van der Waals surface area contributed by atoms with Crippen LogP contribution in [0.3, 0.4) is 0 Å². The summed E-state index contributed by atoms with van der Waals surface area (Å²) in [7, 11) is 0. The lowest BCUT2D eigenvalue weighted by Gasteiger charge is -2.29. The fourth-order valence-electron chi connectivity index (χ4n) is 3.20. The number of aromatic hydroxyl groups is 2. The maximum absolute atomic E-state index is 12.6. The van der Waals surface area contributed by atoms with Gasteiger partial charge in [-0.05, 0) is 48.7 Å². The van der Waals surface area contributed by atoms with Gasteiger partial charge in [-0.3, -0.25) is 4.79 Å². The lowest BCUT2D eigenvalue weighted by molar-refractivity contribution is 0.0839. The molecule has 0 bridgehead atoms. The van der Waals surface area contributed by atoms with Crippen LogP contribution in [0.15, 0.2) is 48.0 Å². The Morgan fingerprint density at radius 3 is 2.58 bits per heavy atom. The highest BCUT2D eigenvalue weighted by atomic mass is 16.5. The van der Waals surface area contributed by atoms with E-state index in [1.165, 1.54) is 24.3 Å². The Bertz CT molecular complexity index is 851. The molecular weight excluding hydrogens is 332 g/mol. The molecule has 5 heteroatoms. The van der Waals surface area contributed by atoms with Gasteiger partial charge in [0.2, 0.25) is 0 Å². The van der Waals surface area contributed by atoms with Gasteiger partial charge in [-0.15, -0.1) is 0 Å². The number of aliphatic hydroxyl groups is 1. The Labute approximate surface area is 152 Å². The van der Waals surface area contributed by atoms with Crippen LogP contribution in [0.1, 0.15) is 60.4 Å². The third kappa shape index (κ3) is 3.30. The quantitative estimate of drug-likeness (QED) is 0.717. The monoisotopic (exact) mass is 354 g/mol. The van der Waals surface area contributed by atoms with Crippen molar-refractivity contribution in [3.63, 3.8) is 0 Å². The first-order valence-corrected chi connectivity index (χ1v) is 8.61. The molecule has 0 aliphatic carbocycles. The standard InChI is InChI=1S/C21H22O5/c1-3-4-12(2)20(25)19-16(23)10-9-15-17(24)11-18(26-21(15)19)13-5-7-14(22)8-6-13/h4-10,18,20,22-23,25H,3,11H2,1-2H3. The van der Waals surface area contributed by atoms with Crippen LogP contribution in [0.4, 0.5) is 0 Å². The second kappa shape index (κ2) is 7.22. The van der Waals surface area contributed by atoms with Gasteiger partial charge in [0.15, 0.2) is 5.78 Å². The molecule has 0 radical (unpaired) electrons. The molecule has 0 aromatic heterocycles. The number of benzene rings is 2. The molecule has 0 saturated heterocycles. The van der Waals surface area contributed by atoms with E-state index in [4.69, 9.17) is 4.74 Å². The van der Waals surface area contributed by atoms with Crippen molar-refractivity contribution in [3.05, 3.63) is 64.7 Å². The Morgan fingerprint density at radius 1 is 1.23 bits per heavy atom. The topological polar surface area (TPSA) is 87.0 Å². The highest BCUT2D eigenvalue weighted by Crippen LogP contribution is 2.45. The molecule has 1 aliphatic rings. The van der Waals surface area contributed by atoms with Crippen molar-refractivity contribution in [2.24, 2.45) is 0 Å². The van der Waals surface area contributed by atoms with Crippen molar-refractivity contribution in [2.75, 3.05) is 0 Å². The molecule has 0 saturated carbocycles. The number of phenolic OH excluding ortho intramolecular Hbond substituents is 2. The van der Waals surface area contributed by atoms with Gasteiger partial charge < -0.3 is 20.1 Å². The Kier molecular flexibility index (Phi) is 5.00. The van der Waals surface area contributed by atoms with Crippen molar-refractivity contribution >= 4 is 5.78 Å². The fourth-order valence-corrected chi connectivity index (χ4v) is 3.20. The van der Waals surface area contributed by atoms with Gasteiger partial charge in [-0.2, -0.15) is 0 Å². The summed E-state index contributed by atoms with van der Waals surface area (Å²) in [5.41, 5.74) is 1.99. The van der Waals surface area contributed by atoms with Crippen molar-refractivity contribution in [1.29, 1.82) is 0 Å². The maximum atomic E-state index is 12.6. The zero-order valence-corrected chi connectivity index (χ0v) is 14.8. The molecule has 0 spiro atoms. The predicted molar refractivity (Wildman–Crippen MR) is 97.5 cm³/mol. The molecule has 136 valence electrons. The number of allylic oxidation sites excluding steroid dienone is 1. The second-order valence-corrected chi connectivity index (χ2v) is 6.46. The van der Waals surface area contributed by atoms with E-state index in [1.807, 2.05) is 13.0 Å². The van der Waals surface area contributed by atoms with Crippen molar-refractivity contribution < 1.29 is 24.9 Å². The van der Waals surface area contributed by atoms with E-state index in [-0.39, 0.29) is 35.0 Å². The molecule has 0 amide bonds. The number of hydrogen-bond acceptors (Lipinski definition) is 5. The first-order valence-electron chi connectivity index (χ1n) is 8.61. The summed E-state index contributed by atoms with van der Waals surface area (Å²) >= 11 is 0. The van der Waals surface area contributed by atoms with E-state index in [2.05, 4.69) is 0 Å². The van der Waals surface area contributed by atoms with Crippen molar-refractivity contribution in [1.82, 2.24) is 0 Å². The first-order chi connectivity index (χ1) is 12.4. The number of phenols is 2. The molecule has 2 aromatic rings. The number of aliphatic hydroxyl groups excluding tert-OH is 1. The van der Waals surface area contributed by atoms with Crippen molar-refractivity contribution in [3.8, 4) is 17.2 Å². The van der Waals surface area contributed by atoms with E-state index in [9.17, 15) is 20.1 Å². The van der Waals surface area contributed by atoms with Crippen LogP contribution in [-0.4, -0.2) is 21.1 Å². The van der Waals surface area contributed by atoms with Crippen LogP contribution < -0.4 is 4.74 Å². The molecule has 1 aliphatic heterocycles. The number of ether oxygens (including phenoxy) is 1. The van der Waals surface area contributed by atoms with Crippen LogP contribution in [0.25, 0.3) is 0 Å². The number of fused-ring (bicyclic) bond motifs is 1. The molecule has 0 fully saturated rings. The first kappa shape index (κ1) is 18.0. The highest BCUT2D eigenvalue weighted by Gasteiger charge is 2.33. The summed E-state index contributed by atoms with van der Waals surface area (Å²) in [5, 5.41) is 30.5. The third-order valence-corrected chi connectivity index (χ3v) is 4.60. The maximum Gasteiger partial charge on any atom is 0.170 e. The third-order valence-electron chi connectivity index (χ3n) is 4.60. The van der Waals surface area contributed by atoms with E-state index >= 15 is 0 Å². The minimum Gasteiger partial charge on any atom is -0.508 e. The highest BCUT2D eigenvalue weighted by molar-refractivity contribution is 6.00. The van der Waals surface area contributed by atoms with Gasteiger partial charge in [0, 0.05) is 0 Å². The summed E-state index contributed by atoms with van der Waals surface area (Å²) in [6.07, 6.45) is 1.16. The number of carbonyl (C=O) groups excluding carboxylic acids is 1. The zero-order chi connectivity index (χ0) is 18.8. The van der Waals surface area contributed by atoms with Crippen LogP contribution in [-0.2, 0) is 0 Å². The normalized spacial score (nSPS) is 18.2. The summed E-state index contributed by atoms with van der Waals surface area (Å²) in [6.45, 7) is 3.73. The summed E-state index contributed by atoms with van der Waals surface area (Å²) < 4.78 is 6.04. The lowest BCUT2D eigenvalue weighted by Crippen LogP contribution is -2.22. The lowest BCUT2D eigenvalue weighted by atomic mass is 9.91. The molecule has 3 N–H and O–H groups in total. The Morgan fingerprint density at radius 2 is 1.92 bits per heavy atom. The largest absolute Gasteiger partial charge is 0.508 e. The molecular formula is C21H22O5. The van der Waals surface area contributed by atoms with Gasteiger partial charge >= 0.3 is 0 Å². The van der Waals surface area contributed by atoms with Gasteiger partial charge in [-0.25, -0.2) is 0 Å². The average molecular weight is 354 g/mol. The summed E-state index contributed by atoms with van der Waals surface area (Å²) in [4.78, 5) is 12.6. The molecule has 2 atom stereocenters. The van der Waals surface area contributed by atoms with Crippen LogP contribution >= 0.6 is 0 Å². The SMILES string of the molecule is CCC=C(C)C(O)c1c(O)ccc2c1OC(c1ccc(O)cc1)CC2=O. The van der Waals surface area contributed by atoms with Crippen LogP contribution in [0, 0.1) is 0 Å². The molecule has 26 heavy (non-hydrogen) atoms. The van der Waals surface area contributed by atoms with Gasteiger partial charge in [0.1, 0.15) is 29.5 Å². The molecule has 1 heterocycles. The minimum atomic E-state index is -1.06. The molecule has 2 unspecified atom stereocenters. The van der Waals surface area contributed by atoms with Gasteiger partial charge in [0.25, 0.3) is 0 Å². The average Bonchev–Trinajstić information content (AvgIpc) is 2.61. The number of carbonyl (C=O) groups is 1. The van der Waals surface area contributed by atoms with E-state index in [1.54, 1.807) is 19.1 Å². The van der Waals surface area contributed by atoms with E-state index < -0.39 is 12.2 Å². The number of rotatable bonds is 4. The van der Waals surface area contributed by atoms with Crippen LogP contribution in [0.2, 0.25) is 0 Å². The van der Waals surface area contributed by atoms with Gasteiger partial charge in [-0.1, -0.05) is 25.1 Å². The van der Waals surface area contributed by atoms with Crippen LogP contribution in [0.5, 0.6) is 17.2 Å². The van der Waals surface area contributed by atoms with E-state index in [0.717, 1.165) is 12.0 Å². The summed E-state index contributed by atoms with van der Waals surface area (Å²) in [6, 6.07) is 9.39. The Balaban J connectivity index is 2.06. The zero-order valence-electron chi connectivity index (χ0n) is 14.8. The smallest absolute Gasteiger partial charge is 0.170 e. The number of ketones is 1. The molecule has 2 aromatic carbocycles. The number of Topliss-reactive ketones (excluding diaryl/α,β-unsaturated/α-hetero) is 1. The predicted octanol–water partition coefficient (Wildman–Crippen LogP) is 4.19. The summed E-state index contributed by atoms with van der Waals surface area (Å²) in [5.74, 6) is 0.121. The minimum absolute atomic E-state index is 0.112. The number of hydrogen-bond donors (Lipinski definition) is 3. The second-order valence-electron chi connectivity index (χ2n) is 6.46. The van der Waals surface area contributed by atoms with Gasteiger partial charge in [0.05, 0.1) is 17.5 Å². The Hall–Kier alpha value is -2.79.